The van der Waals surface area contributed by atoms with Crippen LogP contribution in [0.4, 0.5) is 0 Å². The van der Waals surface area contributed by atoms with Crippen molar-refractivity contribution in [2.24, 2.45) is 5.92 Å². The second kappa shape index (κ2) is 4.97. The standard InChI is InChI=1S/C8H14ClO/c9-7-10-6-8-4-2-1-3-5-8/h7-8H,1-6H2. The first-order chi connectivity index (χ1) is 4.93. The molecule has 10 heavy (non-hydrogen) atoms. The van der Waals surface area contributed by atoms with Gasteiger partial charge in [-0.1, -0.05) is 30.9 Å². The molecule has 0 aromatic carbocycles. The van der Waals surface area contributed by atoms with Gasteiger partial charge in [-0.2, -0.15) is 0 Å². The van der Waals surface area contributed by atoms with E-state index < -0.39 is 0 Å². The van der Waals surface area contributed by atoms with Gasteiger partial charge in [-0.15, -0.1) is 0 Å². The van der Waals surface area contributed by atoms with Gasteiger partial charge in [0.2, 0.25) is 0 Å². The summed E-state index contributed by atoms with van der Waals surface area (Å²) < 4.78 is 5.01. The Kier molecular flexibility index (Phi) is 4.15. The first kappa shape index (κ1) is 8.35. The van der Waals surface area contributed by atoms with Gasteiger partial charge in [-0.05, 0) is 18.8 Å². The lowest BCUT2D eigenvalue weighted by Gasteiger charge is -2.20. The van der Waals surface area contributed by atoms with Crippen molar-refractivity contribution in [3.8, 4) is 0 Å². The average Bonchev–Trinajstić information content (AvgIpc) is 2.03. The van der Waals surface area contributed by atoms with Crippen LogP contribution in [0.2, 0.25) is 0 Å². The molecule has 0 aliphatic heterocycles. The molecule has 0 spiro atoms. The van der Waals surface area contributed by atoms with Gasteiger partial charge in [0.05, 0.1) is 6.61 Å². The second-order valence-corrected chi connectivity index (χ2v) is 3.10. The predicted molar refractivity (Wildman–Crippen MR) is 42.7 cm³/mol. The Labute approximate surface area is 67.7 Å². The molecular weight excluding hydrogens is 148 g/mol. The highest BCUT2D eigenvalue weighted by molar-refractivity contribution is 6.22. The minimum absolute atomic E-state index is 0.767. The number of hydrogen-bond donors (Lipinski definition) is 0. The molecule has 1 saturated carbocycles. The van der Waals surface area contributed by atoms with Crippen LogP contribution in [0.3, 0.4) is 0 Å². The smallest absolute Gasteiger partial charge is 0.170 e. The number of ether oxygens (including phenoxy) is 1. The molecule has 1 aliphatic carbocycles. The molecule has 1 nitrogen and oxygen atoms in total. The van der Waals surface area contributed by atoms with Crippen LogP contribution in [0, 0.1) is 12.0 Å². The fourth-order valence-corrected chi connectivity index (χ4v) is 1.60. The minimum atomic E-state index is 0.767. The van der Waals surface area contributed by atoms with Gasteiger partial charge in [0, 0.05) is 0 Å². The second-order valence-electron chi connectivity index (χ2n) is 2.93. The molecule has 0 heterocycles. The Bertz CT molecular complexity index is 79.3. The summed E-state index contributed by atoms with van der Waals surface area (Å²) in [6, 6.07) is 1.27. The Morgan fingerprint density at radius 1 is 1.30 bits per heavy atom. The van der Waals surface area contributed by atoms with Crippen molar-refractivity contribution in [3.63, 3.8) is 0 Å². The summed E-state index contributed by atoms with van der Waals surface area (Å²) >= 11 is 5.27. The van der Waals surface area contributed by atoms with Gasteiger partial charge in [0.25, 0.3) is 0 Å². The van der Waals surface area contributed by atoms with Gasteiger partial charge in [0.1, 0.15) is 0 Å². The van der Waals surface area contributed by atoms with Gasteiger partial charge >= 0.3 is 0 Å². The van der Waals surface area contributed by atoms with E-state index in [1.54, 1.807) is 0 Å². The van der Waals surface area contributed by atoms with Crippen LogP contribution in [0.5, 0.6) is 0 Å². The topological polar surface area (TPSA) is 9.23 Å². The number of hydrogen-bond acceptors (Lipinski definition) is 1. The van der Waals surface area contributed by atoms with E-state index in [0.29, 0.717) is 0 Å². The van der Waals surface area contributed by atoms with Crippen molar-refractivity contribution in [1.29, 1.82) is 0 Å². The molecule has 0 saturated heterocycles. The summed E-state index contributed by atoms with van der Waals surface area (Å²) in [6.45, 7) is 0.823. The molecule has 1 aliphatic rings. The summed E-state index contributed by atoms with van der Waals surface area (Å²) in [5.41, 5.74) is 0. The van der Waals surface area contributed by atoms with Crippen molar-refractivity contribution < 1.29 is 4.74 Å². The van der Waals surface area contributed by atoms with E-state index in [9.17, 15) is 0 Å². The van der Waals surface area contributed by atoms with E-state index in [1.807, 2.05) is 0 Å². The van der Waals surface area contributed by atoms with E-state index in [0.717, 1.165) is 12.5 Å². The molecule has 1 radical (unpaired) electrons. The van der Waals surface area contributed by atoms with E-state index in [4.69, 9.17) is 16.3 Å². The summed E-state index contributed by atoms with van der Waals surface area (Å²) in [5, 5.41) is 0. The van der Waals surface area contributed by atoms with E-state index in [2.05, 4.69) is 0 Å². The lowest BCUT2D eigenvalue weighted by Crippen LogP contribution is -2.11. The SMILES string of the molecule is Cl[CH]OCC1CCCCC1. The third-order valence-electron chi connectivity index (χ3n) is 2.12. The summed E-state index contributed by atoms with van der Waals surface area (Å²) in [5.74, 6) is 0.767. The Morgan fingerprint density at radius 3 is 2.60 bits per heavy atom. The maximum atomic E-state index is 5.27. The highest BCUT2D eigenvalue weighted by Crippen LogP contribution is 2.23. The van der Waals surface area contributed by atoms with Crippen LogP contribution in [0.25, 0.3) is 0 Å². The maximum absolute atomic E-state index is 5.27. The molecule has 0 N–H and O–H groups in total. The third-order valence-corrected chi connectivity index (χ3v) is 2.25. The summed E-state index contributed by atoms with van der Waals surface area (Å²) in [7, 11) is 0. The predicted octanol–water partition coefficient (Wildman–Crippen LogP) is 2.94. The van der Waals surface area contributed by atoms with Crippen molar-refractivity contribution in [3.05, 3.63) is 6.07 Å². The van der Waals surface area contributed by atoms with E-state index >= 15 is 0 Å². The number of rotatable bonds is 3. The van der Waals surface area contributed by atoms with Crippen LogP contribution in [-0.4, -0.2) is 6.61 Å². The molecule has 0 atom stereocenters. The third kappa shape index (κ3) is 2.89. The first-order valence-electron chi connectivity index (χ1n) is 3.97. The molecule has 1 rings (SSSR count). The monoisotopic (exact) mass is 161 g/mol. The molecule has 1 fully saturated rings. The van der Waals surface area contributed by atoms with Crippen molar-refractivity contribution in [2.45, 2.75) is 32.1 Å². The normalized spacial score (nSPS) is 21.3. The minimum Gasteiger partial charge on any atom is -0.358 e. The lowest BCUT2D eigenvalue weighted by molar-refractivity contribution is 0.151. The first-order valence-corrected chi connectivity index (χ1v) is 4.40. The molecular formula is C8H14ClO. The van der Waals surface area contributed by atoms with Crippen LogP contribution in [-0.2, 0) is 4.74 Å². The zero-order chi connectivity index (χ0) is 7.23. The highest BCUT2D eigenvalue weighted by atomic mass is 35.5. The molecule has 0 unspecified atom stereocenters. The summed E-state index contributed by atoms with van der Waals surface area (Å²) in [4.78, 5) is 0. The largest absolute Gasteiger partial charge is 0.358 e. The quantitative estimate of drug-likeness (QED) is 0.619. The van der Waals surface area contributed by atoms with Gasteiger partial charge in [0.15, 0.2) is 6.07 Å². The zero-order valence-corrected chi connectivity index (χ0v) is 6.94. The molecule has 0 amide bonds. The summed E-state index contributed by atoms with van der Waals surface area (Å²) in [6.07, 6.45) is 6.79. The fraction of sp³-hybridized carbons (Fsp3) is 0.875. The van der Waals surface area contributed by atoms with Gasteiger partial charge in [-0.3, -0.25) is 0 Å². The van der Waals surface area contributed by atoms with Crippen molar-refractivity contribution >= 4 is 11.6 Å². The Morgan fingerprint density at radius 2 is 2.00 bits per heavy atom. The lowest BCUT2D eigenvalue weighted by atomic mass is 9.90. The van der Waals surface area contributed by atoms with Gasteiger partial charge in [-0.25, -0.2) is 0 Å². The van der Waals surface area contributed by atoms with Crippen molar-refractivity contribution in [2.75, 3.05) is 6.61 Å². The van der Waals surface area contributed by atoms with Crippen LogP contribution < -0.4 is 0 Å². The molecule has 59 valence electrons. The molecule has 0 bridgehead atoms. The van der Waals surface area contributed by atoms with Crippen molar-refractivity contribution in [1.82, 2.24) is 0 Å². The molecule has 0 aromatic heterocycles. The molecule has 0 aromatic rings. The van der Waals surface area contributed by atoms with Crippen LogP contribution in [0.1, 0.15) is 32.1 Å². The Hall–Kier alpha value is 0.250. The van der Waals surface area contributed by atoms with E-state index in [-0.39, 0.29) is 0 Å². The average molecular weight is 162 g/mol. The van der Waals surface area contributed by atoms with Gasteiger partial charge < -0.3 is 4.74 Å². The van der Waals surface area contributed by atoms with Crippen LogP contribution >= 0.6 is 11.6 Å². The van der Waals surface area contributed by atoms with Crippen LogP contribution in [0.15, 0.2) is 0 Å². The fourth-order valence-electron chi connectivity index (χ4n) is 1.53. The van der Waals surface area contributed by atoms with E-state index in [1.165, 1.54) is 38.2 Å². The molecule has 2 heteroatoms. The number of halogens is 1. The zero-order valence-electron chi connectivity index (χ0n) is 6.18. The highest BCUT2D eigenvalue weighted by Gasteiger charge is 2.12. The Balaban J connectivity index is 2.02. The maximum Gasteiger partial charge on any atom is 0.170 e.